The number of fused-ring (bicyclic) bond motifs is 1. The maximum absolute atomic E-state index is 12.5. The van der Waals surface area contributed by atoms with E-state index in [1.807, 2.05) is 0 Å². The zero-order chi connectivity index (χ0) is 14.8. The molecule has 0 saturated carbocycles. The number of carbonyl (C=O) groups excluding carboxylic acids is 1. The Labute approximate surface area is 132 Å². The van der Waals surface area contributed by atoms with Crippen molar-refractivity contribution < 1.29 is 4.79 Å². The van der Waals surface area contributed by atoms with Crippen molar-refractivity contribution in [3.8, 4) is 0 Å². The second-order valence-electron chi connectivity index (χ2n) is 4.81. The fraction of sp³-hybridized carbons (Fsp3) is 0.200. The Hall–Kier alpha value is -1.62. The maximum atomic E-state index is 12.5. The van der Waals surface area contributed by atoms with Crippen LogP contribution in [-0.4, -0.2) is 17.4 Å². The summed E-state index contributed by atoms with van der Waals surface area (Å²) in [5, 5.41) is 6.81. The number of benzene rings is 1. The lowest BCUT2D eigenvalue weighted by Crippen LogP contribution is -2.27. The zero-order valence-corrected chi connectivity index (χ0v) is 12.6. The fourth-order valence-corrected chi connectivity index (χ4v) is 2.75. The van der Waals surface area contributed by atoms with E-state index in [2.05, 4.69) is 15.6 Å². The van der Waals surface area contributed by atoms with Crippen molar-refractivity contribution in [3.05, 3.63) is 57.3 Å². The molecule has 0 bridgehead atoms. The molecule has 0 spiro atoms. The maximum Gasteiger partial charge on any atom is 0.257 e. The summed E-state index contributed by atoms with van der Waals surface area (Å²) in [4.78, 5) is 16.6. The number of halogens is 2. The Kier molecular flexibility index (Phi) is 4.10. The van der Waals surface area contributed by atoms with Crippen molar-refractivity contribution >= 4 is 34.8 Å². The Balaban J connectivity index is 1.91. The summed E-state index contributed by atoms with van der Waals surface area (Å²) in [6, 6.07) is 5.14. The van der Waals surface area contributed by atoms with Gasteiger partial charge in [-0.2, -0.15) is 0 Å². The van der Waals surface area contributed by atoms with Crippen LogP contribution in [0.2, 0.25) is 10.0 Å². The van der Waals surface area contributed by atoms with E-state index in [0.717, 1.165) is 30.6 Å². The number of carbonyl (C=O) groups is 1. The minimum Gasteiger partial charge on any atom is -0.321 e. The summed E-state index contributed by atoms with van der Waals surface area (Å²) in [5.74, 6) is -0.217. The number of amides is 1. The molecule has 1 aliphatic heterocycles. The van der Waals surface area contributed by atoms with Gasteiger partial charge in [-0.25, -0.2) is 0 Å². The Morgan fingerprint density at radius 2 is 2.14 bits per heavy atom. The highest BCUT2D eigenvalue weighted by Gasteiger charge is 2.19. The summed E-state index contributed by atoms with van der Waals surface area (Å²) in [5.41, 5.74) is 3.19. The van der Waals surface area contributed by atoms with E-state index in [9.17, 15) is 4.79 Å². The second kappa shape index (κ2) is 6.02. The predicted molar refractivity (Wildman–Crippen MR) is 84.1 cm³/mol. The van der Waals surface area contributed by atoms with Gasteiger partial charge in [0.05, 0.1) is 21.3 Å². The third-order valence-corrected chi connectivity index (χ3v) is 4.28. The smallest absolute Gasteiger partial charge is 0.257 e. The molecule has 6 heteroatoms. The molecule has 2 N–H and O–H groups in total. The molecule has 1 aliphatic rings. The van der Waals surface area contributed by atoms with Gasteiger partial charge < -0.3 is 10.6 Å². The molecule has 0 unspecified atom stereocenters. The van der Waals surface area contributed by atoms with Crippen molar-refractivity contribution in [1.29, 1.82) is 0 Å². The molecule has 21 heavy (non-hydrogen) atoms. The highest BCUT2D eigenvalue weighted by molar-refractivity contribution is 6.44. The molecule has 0 radical (unpaired) electrons. The molecular weight excluding hydrogens is 309 g/mol. The van der Waals surface area contributed by atoms with Gasteiger partial charge in [0, 0.05) is 18.9 Å². The van der Waals surface area contributed by atoms with Gasteiger partial charge in [0.15, 0.2) is 0 Å². The lowest BCUT2D eigenvalue weighted by molar-refractivity contribution is 0.102. The fourth-order valence-electron chi connectivity index (χ4n) is 2.40. The van der Waals surface area contributed by atoms with Crippen LogP contribution in [0.25, 0.3) is 0 Å². The molecule has 1 amide bonds. The number of rotatable bonds is 2. The van der Waals surface area contributed by atoms with Crippen LogP contribution in [-0.2, 0) is 13.0 Å². The molecule has 2 aromatic rings. The van der Waals surface area contributed by atoms with Gasteiger partial charge in [0.25, 0.3) is 5.91 Å². The highest BCUT2D eigenvalue weighted by Crippen LogP contribution is 2.30. The van der Waals surface area contributed by atoms with Gasteiger partial charge in [-0.05, 0) is 36.2 Å². The van der Waals surface area contributed by atoms with Crippen LogP contribution in [0.1, 0.15) is 21.5 Å². The van der Waals surface area contributed by atoms with Crippen LogP contribution in [0.4, 0.5) is 5.69 Å². The molecule has 0 fully saturated rings. The first kappa shape index (κ1) is 14.3. The average Bonchev–Trinajstić information content (AvgIpc) is 2.51. The molecule has 1 aromatic carbocycles. The standard InChI is InChI=1S/C15H13Cl2N3O/c16-12-2-1-3-13(14(12)17)20-15(21)11-8-19-7-9-6-18-5-4-10(9)11/h1-3,7-8,18H,4-6H2,(H,20,21). The van der Waals surface area contributed by atoms with Gasteiger partial charge >= 0.3 is 0 Å². The lowest BCUT2D eigenvalue weighted by atomic mass is 9.98. The van der Waals surface area contributed by atoms with Crippen LogP contribution in [0.5, 0.6) is 0 Å². The molecule has 1 aromatic heterocycles. The Bertz CT molecular complexity index is 703. The molecule has 0 atom stereocenters. The van der Waals surface area contributed by atoms with Crippen LogP contribution in [0.15, 0.2) is 30.6 Å². The van der Waals surface area contributed by atoms with E-state index in [4.69, 9.17) is 23.2 Å². The Morgan fingerprint density at radius 3 is 3.00 bits per heavy atom. The van der Waals surface area contributed by atoms with Crippen molar-refractivity contribution in [3.63, 3.8) is 0 Å². The summed E-state index contributed by atoms with van der Waals surface area (Å²) < 4.78 is 0. The van der Waals surface area contributed by atoms with E-state index in [1.165, 1.54) is 0 Å². The van der Waals surface area contributed by atoms with Crippen LogP contribution >= 0.6 is 23.2 Å². The monoisotopic (exact) mass is 321 g/mol. The lowest BCUT2D eigenvalue weighted by Gasteiger charge is -2.19. The number of anilines is 1. The Morgan fingerprint density at radius 1 is 1.29 bits per heavy atom. The highest BCUT2D eigenvalue weighted by atomic mass is 35.5. The number of aromatic nitrogens is 1. The summed E-state index contributed by atoms with van der Waals surface area (Å²) >= 11 is 12.1. The number of hydrogen-bond donors (Lipinski definition) is 2. The van der Waals surface area contributed by atoms with Gasteiger partial charge in [-0.3, -0.25) is 9.78 Å². The zero-order valence-electron chi connectivity index (χ0n) is 11.1. The minimum atomic E-state index is -0.217. The first-order chi connectivity index (χ1) is 10.2. The molecule has 3 rings (SSSR count). The molecule has 4 nitrogen and oxygen atoms in total. The molecule has 0 saturated heterocycles. The summed E-state index contributed by atoms with van der Waals surface area (Å²) in [6.07, 6.45) is 4.20. The second-order valence-corrected chi connectivity index (χ2v) is 5.59. The quantitative estimate of drug-likeness (QED) is 0.892. The third kappa shape index (κ3) is 2.88. The average molecular weight is 322 g/mol. The van der Waals surface area contributed by atoms with Crippen LogP contribution in [0.3, 0.4) is 0 Å². The van der Waals surface area contributed by atoms with Gasteiger partial charge in [-0.15, -0.1) is 0 Å². The summed E-state index contributed by atoms with van der Waals surface area (Å²) in [6.45, 7) is 1.59. The third-order valence-electron chi connectivity index (χ3n) is 3.46. The van der Waals surface area contributed by atoms with E-state index < -0.39 is 0 Å². The van der Waals surface area contributed by atoms with Gasteiger partial charge in [-0.1, -0.05) is 29.3 Å². The van der Waals surface area contributed by atoms with Crippen molar-refractivity contribution in [2.24, 2.45) is 0 Å². The largest absolute Gasteiger partial charge is 0.321 e. The van der Waals surface area contributed by atoms with Gasteiger partial charge in [0.2, 0.25) is 0 Å². The molecular formula is C15H13Cl2N3O. The minimum absolute atomic E-state index is 0.217. The van der Waals surface area contributed by atoms with E-state index in [-0.39, 0.29) is 5.91 Å². The predicted octanol–water partition coefficient (Wildman–Crippen LogP) is 3.29. The van der Waals surface area contributed by atoms with Crippen LogP contribution < -0.4 is 10.6 Å². The summed E-state index contributed by atoms with van der Waals surface area (Å²) in [7, 11) is 0. The number of pyridine rings is 1. The van der Waals surface area contributed by atoms with Crippen LogP contribution in [0, 0.1) is 0 Å². The number of hydrogen-bond acceptors (Lipinski definition) is 3. The molecule has 108 valence electrons. The molecule has 2 heterocycles. The number of nitrogens with zero attached hydrogens (tertiary/aromatic N) is 1. The van der Waals surface area contributed by atoms with E-state index in [1.54, 1.807) is 30.6 Å². The topological polar surface area (TPSA) is 54.0 Å². The van der Waals surface area contributed by atoms with Crippen molar-refractivity contribution in [2.75, 3.05) is 11.9 Å². The van der Waals surface area contributed by atoms with Gasteiger partial charge in [0.1, 0.15) is 0 Å². The first-order valence-corrected chi connectivity index (χ1v) is 7.34. The first-order valence-electron chi connectivity index (χ1n) is 6.58. The van der Waals surface area contributed by atoms with Crippen molar-refractivity contribution in [1.82, 2.24) is 10.3 Å². The van der Waals surface area contributed by atoms with E-state index >= 15 is 0 Å². The van der Waals surface area contributed by atoms with E-state index in [0.29, 0.717) is 21.3 Å². The normalized spacial score (nSPS) is 13.6. The van der Waals surface area contributed by atoms with Crippen molar-refractivity contribution in [2.45, 2.75) is 13.0 Å². The molecule has 0 aliphatic carbocycles. The number of nitrogens with one attached hydrogen (secondary N) is 2. The SMILES string of the molecule is O=C(Nc1cccc(Cl)c1Cl)c1cncc2c1CCNC2.